The SMILES string of the molecule is COc1c(C)cc(C(=O)C2CCCN(C(=O)C3=C(C)OCCO3)C2)cc1C. The summed E-state index contributed by atoms with van der Waals surface area (Å²) >= 11 is 0. The van der Waals surface area contributed by atoms with Crippen LogP contribution in [0.5, 0.6) is 5.75 Å². The predicted octanol–water partition coefficient (Wildman–Crippen LogP) is 3.01. The summed E-state index contributed by atoms with van der Waals surface area (Å²) < 4.78 is 16.3. The maximum atomic E-state index is 13.1. The highest BCUT2D eigenvalue weighted by Gasteiger charge is 2.33. The number of allylic oxidation sites excluding steroid dienone is 1. The highest BCUT2D eigenvalue weighted by atomic mass is 16.6. The van der Waals surface area contributed by atoms with Crippen LogP contribution < -0.4 is 4.74 Å². The molecule has 6 nitrogen and oxygen atoms in total. The topological polar surface area (TPSA) is 65.1 Å². The van der Waals surface area contributed by atoms with E-state index in [1.54, 1.807) is 18.9 Å². The second-order valence-electron chi connectivity index (χ2n) is 7.18. The normalized spacial score (nSPS) is 20.0. The van der Waals surface area contributed by atoms with Crippen LogP contribution in [0.15, 0.2) is 23.7 Å². The number of carbonyl (C=O) groups excluding carboxylic acids is 2. The van der Waals surface area contributed by atoms with Gasteiger partial charge in [-0.25, -0.2) is 0 Å². The largest absolute Gasteiger partial charge is 0.496 e. The molecule has 0 saturated carbocycles. The van der Waals surface area contributed by atoms with E-state index in [9.17, 15) is 9.59 Å². The predicted molar refractivity (Wildman–Crippen MR) is 101 cm³/mol. The number of benzene rings is 1. The molecular weight excluding hydrogens is 346 g/mol. The molecule has 1 saturated heterocycles. The van der Waals surface area contributed by atoms with Crippen molar-refractivity contribution >= 4 is 11.7 Å². The van der Waals surface area contributed by atoms with Gasteiger partial charge in [0.1, 0.15) is 24.7 Å². The molecule has 1 unspecified atom stereocenters. The van der Waals surface area contributed by atoms with Crippen molar-refractivity contribution in [3.8, 4) is 5.75 Å². The van der Waals surface area contributed by atoms with Gasteiger partial charge in [0.05, 0.1) is 7.11 Å². The van der Waals surface area contributed by atoms with Gasteiger partial charge in [0.2, 0.25) is 5.76 Å². The van der Waals surface area contributed by atoms with Gasteiger partial charge in [0.15, 0.2) is 5.78 Å². The fourth-order valence-corrected chi connectivity index (χ4v) is 3.89. The van der Waals surface area contributed by atoms with Gasteiger partial charge in [-0.15, -0.1) is 0 Å². The third-order valence-corrected chi connectivity index (χ3v) is 5.19. The first-order valence-electron chi connectivity index (χ1n) is 9.37. The first-order chi connectivity index (χ1) is 12.9. The number of nitrogens with zero attached hydrogens (tertiary/aromatic N) is 1. The number of amides is 1. The molecule has 146 valence electrons. The van der Waals surface area contributed by atoms with Gasteiger partial charge in [-0.1, -0.05) is 0 Å². The minimum atomic E-state index is -0.208. The first-order valence-corrected chi connectivity index (χ1v) is 9.37. The van der Waals surface area contributed by atoms with E-state index in [1.807, 2.05) is 26.0 Å². The average molecular weight is 373 g/mol. The summed E-state index contributed by atoms with van der Waals surface area (Å²) in [6.07, 6.45) is 1.57. The molecule has 1 fully saturated rings. The minimum absolute atomic E-state index is 0.0767. The van der Waals surface area contributed by atoms with Crippen molar-refractivity contribution in [1.82, 2.24) is 4.90 Å². The van der Waals surface area contributed by atoms with E-state index >= 15 is 0 Å². The number of methoxy groups -OCH3 is 1. The number of likely N-dealkylation sites (tertiary alicyclic amines) is 1. The molecule has 1 aromatic carbocycles. The maximum Gasteiger partial charge on any atom is 0.292 e. The molecular formula is C21H27NO5. The van der Waals surface area contributed by atoms with Crippen LogP contribution in [-0.2, 0) is 14.3 Å². The van der Waals surface area contributed by atoms with Crippen molar-refractivity contribution in [2.75, 3.05) is 33.4 Å². The van der Waals surface area contributed by atoms with Crippen LogP contribution >= 0.6 is 0 Å². The molecule has 1 atom stereocenters. The molecule has 2 aliphatic rings. The quantitative estimate of drug-likeness (QED) is 0.759. The van der Waals surface area contributed by atoms with Crippen molar-refractivity contribution in [2.24, 2.45) is 5.92 Å². The van der Waals surface area contributed by atoms with E-state index in [0.717, 1.165) is 29.7 Å². The van der Waals surface area contributed by atoms with Gasteiger partial charge in [0, 0.05) is 24.6 Å². The standard InChI is InChI=1S/C21H27NO5/c1-13-10-17(11-14(2)19(13)25-4)18(23)16-6-5-7-22(12-16)21(24)20-15(3)26-8-9-27-20/h10-11,16H,5-9,12H2,1-4H3. The number of ether oxygens (including phenoxy) is 3. The van der Waals surface area contributed by atoms with Gasteiger partial charge < -0.3 is 19.1 Å². The Morgan fingerprint density at radius 2 is 1.78 bits per heavy atom. The molecule has 27 heavy (non-hydrogen) atoms. The molecule has 6 heteroatoms. The lowest BCUT2D eigenvalue weighted by atomic mass is 9.88. The van der Waals surface area contributed by atoms with E-state index in [4.69, 9.17) is 14.2 Å². The van der Waals surface area contributed by atoms with Crippen LogP contribution in [0, 0.1) is 19.8 Å². The number of rotatable bonds is 4. The Bertz CT molecular complexity index is 760. The van der Waals surface area contributed by atoms with Crippen molar-refractivity contribution in [3.05, 3.63) is 40.3 Å². The molecule has 0 spiro atoms. The van der Waals surface area contributed by atoms with Crippen LogP contribution in [0.4, 0.5) is 0 Å². The number of aryl methyl sites for hydroxylation is 2. The third-order valence-electron chi connectivity index (χ3n) is 5.19. The Balaban J connectivity index is 1.76. The molecule has 2 aliphatic heterocycles. The second kappa shape index (κ2) is 8.03. The Kier molecular flexibility index (Phi) is 5.73. The van der Waals surface area contributed by atoms with Crippen LogP contribution in [0.2, 0.25) is 0 Å². The van der Waals surface area contributed by atoms with Crippen molar-refractivity contribution in [1.29, 1.82) is 0 Å². The fourth-order valence-electron chi connectivity index (χ4n) is 3.89. The molecule has 1 aromatic rings. The average Bonchev–Trinajstić information content (AvgIpc) is 2.67. The smallest absolute Gasteiger partial charge is 0.292 e. The maximum absolute atomic E-state index is 13.1. The highest BCUT2D eigenvalue weighted by molar-refractivity contribution is 5.99. The lowest BCUT2D eigenvalue weighted by Gasteiger charge is -2.33. The van der Waals surface area contributed by atoms with Crippen LogP contribution in [0.1, 0.15) is 41.3 Å². The second-order valence-corrected chi connectivity index (χ2v) is 7.18. The van der Waals surface area contributed by atoms with Gasteiger partial charge in [0.25, 0.3) is 5.91 Å². The number of carbonyl (C=O) groups is 2. The zero-order valence-electron chi connectivity index (χ0n) is 16.5. The van der Waals surface area contributed by atoms with Gasteiger partial charge in [-0.05, 0) is 56.9 Å². The van der Waals surface area contributed by atoms with Gasteiger partial charge in [-0.3, -0.25) is 9.59 Å². The molecule has 2 heterocycles. The zero-order valence-corrected chi connectivity index (χ0v) is 16.5. The Morgan fingerprint density at radius 3 is 2.41 bits per heavy atom. The van der Waals surface area contributed by atoms with E-state index in [2.05, 4.69) is 0 Å². The Morgan fingerprint density at radius 1 is 1.11 bits per heavy atom. The summed E-state index contributed by atoms with van der Waals surface area (Å²) in [5.41, 5.74) is 2.56. The van der Waals surface area contributed by atoms with E-state index < -0.39 is 0 Å². The molecule has 0 bridgehead atoms. The number of piperidine rings is 1. The number of ketones is 1. The Labute approximate surface area is 160 Å². The molecule has 0 aliphatic carbocycles. The third kappa shape index (κ3) is 3.94. The summed E-state index contributed by atoms with van der Waals surface area (Å²) in [7, 11) is 1.63. The summed E-state index contributed by atoms with van der Waals surface area (Å²) in [5, 5.41) is 0. The Hall–Kier alpha value is -2.50. The van der Waals surface area contributed by atoms with Gasteiger partial charge in [-0.2, -0.15) is 0 Å². The van der Waals surface area contributed by atoms with Crippen LogP contribution in [-0.4, -0.2) is 50.0 Å². The number of hydrogen-bond acceptors (Lipinski definition) is 5. The van der Waals surface area contributed by atoms with Crippen molar-refractivity contribution in [2.45, 2.75) is 33.6 Å². The first kappa shape index (κ1) is 19.3. The van der Waals surface area contributed by atoms with Crippen molar-refractivity contribution in [3.63, 3.8) is 0 Å². The van der Waals surface area contributed by atoms with E-state index in [0.29, 0.717) is 37.6 Å². The molecule has 0 aromatic heterocycles. The monoisotopic (exact) mass is 373 g/mol. The van der Waals surface area contributed by atoms with Gasteiger partial charge >= 0.3 is 0 Å². The van der Waals surface area contributed by atoms with Crippen LogP contribution in [0.3, 0.4) is 0 Å². The number of Topliss-reactive ketones (excluding diaryl/α,β-unsaturated/α-hetero) is 1. The highest BCUT2D eigenvalue weighted by Crippen LogP contribution is 2.28. The molecule has 0 N–H and O–H groups in total. The number of hydrogen-bond donors (Lipinski definition) is 0. The lowest BCUT2D eigenvalue weighted by molar-refractivity contribution is -0.134. The minimum Gasteiger partial charge on any atom is -0.496 e. The van der Waals surface area contributed by atoms with E-state index in [1.165, 1.54) is 0 Å². The lowest BCUT2D eigenvalue weighted by Crippen LogP contribution is -2.44. The van der Waals surface area contributed by atoms with E-state index in [-0.39, 0.29) is 23.4 Å². The zero-order chi connectivity index (χ0) is 19.6. The van der Waals surface area contributed by atoms with Crippen LogP contribution in [0.25, 0.3) is 0 Å². The summed E-state index contributed by atoms with van der Waals surface area (Å²) in [6.45, 7) is 7.48. The summed E-state index contributed by atoms with van der Waals surface area (Å²) in [4.78, 5) is 27.6. The molecule has 0 radical (unpaired) electrons. The summed E-state index contributed by atoms with van der Waals surface area (Å²) in [6, 6.07) is 3.75. The fraction of sp³-hybridized carbons (Fsp3) is 0.524. The molecule has 1 amide bonds. The molecule has 3 rings (SSSR count). The van der Waals surface area contributed by atoms with Crippen molar-refractivity contribution < 1.29 is 23.8 Å². The summed E-state index contributed by atoms with van der Waals surface area (Å²) in [5.74, 6) is 1.27.